The van der Waals surface area contributed by atoms with E-state index in [0.717, 1.165) is 5.56 Å². The van der Waals surface area contributed by atoms with Crippen molar-refractivity contribution in [3.8, 4) is 0 Å². The summed E-state index contributed by atoms with van der Waals surface area (Å²) in [6.45, 7) is 7.74. The highest BCUT2D eigenvalue weighted by atomic mass is 15.1. The summed E-state index contributed by atoms with van der Waals surface area (Å²) in [4.78, 5) is 0. The second kappa shape index (κ2) is 6.76. The fourth-order valence-corrected chi connectivity index (χ4v) is 0.994. The van der Waals surface area contributed by atoms with Gasteiger partial charge in [-0.3, -0.25) is 5.41 Å². The van der Waals surface area contributed by atoms with Gasteiger partial charge >= 0.3 is 0 Å². The van der Waals surface area contributed by atoms with Crippen molar-refractivity contribution in [3.05, 3.63) is 35.4 Å². The van der Waals surface area contributed by atoms with Crippen LogP contribution >= 0.6 is 0 Å². The molecule has 1 rings (SSSR count). The molecule has 0 spiro atoms. The lowest BCUT2D eigenvalue weighted by molar-refractivity contribution is 1.24. The number of hydrogen-bond acceptors (Lipinski definition) is 3. The quantitative estimate of drug-likeness (QED) is 0.435. The zero-order valence-electron chi connectivity index (χ0n) is 9.83. The van der Waals surface area contributed by atoms with Gasteiger partial charge < -0.3 is 5.84 Å². The van der Waals surface area contributed by atoms with Crippen LogP contribution in [-0.2, 0) is 0 Å². The minimum atomic E-state index is 0.377. The van der Waals surface area contributed by atoms with Crippen LogP contribution < -0.4 is 5.84 Å². The Labute approximate surface area is 91.5 Å². The van der Waals surface area contributed by atoms with Gasteiger partial charge in [0.1, 0.15) is 0 Å². The van der Waals surface area contributed by atoms with Crippen molar-refractivity contribution in [1.82, 2.24) is 0 Å². The van der Waals surface area contributed by atoms with Crippen molar-refractivity contribution < 1.29 is 0 Å². The molecule has 0 amide bonds. The molecule has 0 aliphatic rings. The Bertz CT molecular complexity index is 336. The van der Waals surface area contributed by atoms with Gasteiger partial charge in [-0.15, -0.1) is 0 Å². The van der Waals surface area contributed by atoms with Crippen LogP contribution in [0.4, 0.5) is 0 Å². The Kier molecular flexibility index (Phi) is 6.02. The maximum absolute atomic E-state index is 7.70. The SMILES string of the molecule is C/C(=N/N)C(=N)c1ccc(C)cc1.CC. The zero-order chi connectivity index (χ0) is 11.8. The Hall–Kier alpha value is -1.64. The number of nitrogens with one attached hydrogen (secondary N) is 1. The van der Waals surface area contributed by atoms with E-state index < -0.39 is 0 Å². The van der Waals surface area contributed by atoms with Gasteiger partial charge in [0.15, 0.2) is 0 Å². The smallest absolute Gasteiger partial charge is 0.0841 e. The van der Waals surface area contributed by atoms with Crippen LogP contribution in [0.25, 0.3) is 0 Å². The van der Waals surface area contributed by atoms with E-state index in [2.05, 4.69) is 5.10 Å². The van der Waals surface area contributed by atoms with Crippen molar-refractivity contribution >= 4 is 11.4 Å². The first-order chi connectivity index (χ1) is 7.15. The van der Waals surface area contributed by atoms with E-state index >= 15 is 0 Å². The minimum Gasteiger partial charge on any atom is -0.323 e. The highest BCUT2D eigenvalue weighted by molar-refractivity contribution is 6.46. The molecule has 0 bridgehead atoms. The van der Waals surface area contributed by atoms with Crippen molar-refractivity contribution in [1.29, 1.82) is 5.41 Å². The molecule has 0 unspecified atom stereocenters. The highest BCUT2D eigenvalue weighted by Crippen LogP contribution is 2.04. The average Bonchev–Trinajstić information content (AvgIpc) is 2.31. The summed E-state index contributed by atoms with van der Waals surface area (Å²) in [5, 5.41) is 11.2. The molecule has 0 aliphatic carbocycles. The second-order valence-electron chi connectivity index (χ2n) is 2.96. The average molecular weight is 205 g/mol. The van der Waals surface area contributed by atoms with Gasteiger partial charge in [0, 0.05) is 5.56 Å². The molecule has 0 saturated carbocycles. The van der Waals surface area contributed by atoms with E-state index in [9.17, 15) is 0 Å². The van der Waals surface area contributed by atoms with Crippen molar-refractivity contribution in [3.63, 3.8) is 0 Å². The van der Waals surface area contributed by atoms with Crippen molar-refractivity contribution in [2.75, 3.05) is 0 Å². The van der Waals surface area contributed by atoms with Crippen LogP contribution in [0.5, 0.6) is 0 Å². The fourth-order valence-electron chi connectivity index (χ4n) is 0.994. The molecular formula is C12H19N3. The predicted octanol–water partition coefficient (Wildman–Crippen LogP) is 2.72. The van der Waals surface area contributed by atoms with E-state index in [1.54, 1.807) is 6.92 Å². The summed E-state index contributed by atoms with van der Waals surface area (Å²) in [5.41, 5.74) is 2.95. The van der Waals surface area contributed by atoms with Crippen LogP contribution in [0, 0.1) is 12.3 Å². The molecule has 3 heteroatoms. The minimum absolute atomic E-state index is 0.377. The summed E-state index contributed by atoms with van der Waals surface area (Å²) in [7, 11) is 0. The lowest BCUT2D eigenvalue weighted by Crippen LogP contribution is -2.12. The predicted molar refractivity (Wildman–Crippen MR) is 66.7 cm³/mol. The molecule has 0 atom stereocenters. The number of hydrogen-bond donors (Lipinski definition) is 2. The Morgan fingerprint density at radius 3 is 2.07 bits per heavy atom. The molecule has 1 aromatic rings. The molecular weight excluding hydrogens is 186 g/mol. The van der Waals surface area contributed by atoms with Gasteiger partial charge in [-0.2, -0.15) is 5.10 Å². The normalized spacial score (nSPS) is 10.3. The van der Waals surface area contributed by atoms with E-state index in [4.69, 9.17) is 11.3 Å². The molecule has 0 heterocycles. The van der Waals surface area contributed by atoms with Gasteiger partial charge in [0.25, 0.3) is 0 Å². The van der Waals surface area contributed by atoms with Gasteiger partial charge in [-0.1, -0.05) is 43.7 Å². The third-order valence-electron chi connectivity index (χ3n) is 1.90. The Morgan fingerprint density at radius 2 is 1.67 bits per heavy atom. The van der Waals surface area contributed by atoms with Crippen LogP contribution in [0.15, 0.2) is 29.4 Å². The first kappa shape index (κ1) is 13.4. The number of nitrogens with zero attached hydrogens (tertiary/aromatic N) is 1. The molecule has 0 aliphatic heterocycles. The summed E-state index contributed by atoms with van der Waals surface area (Å²) in [5.74, 6) is 5.09. The molecule has 0 saturated heterocycles. The van der Waals surface area contributed by atoms with Gasteiger partial charge in [0.05, 0.1) is 11.4 Å². The number of benzene rings is 1. The molecule has 0 aromatic heterocycles. The van der Waals surface area contributed by atoms with E-state index in [1.807, 2.05) is 45.0 Å². The largest absolute Gasteiger partial charge is 0.323 e. The maximum atomic E-state index is 7.70. The summed E-state index contributed by atoms with van der Waals surface area (Å²) in [6.07, 6.45) is 0. The maximum Gasteiger partial charge on any atom is 0.0841 e. The van der Waals surface area contributed by atoms with E-state index in [1.165, 1.54) is 5.56 Å². The molecule has 15 heavy (non-hydrogen) atoms. The third kappa shape index (κ3) is 3.94. The van der Waals surface area contributed by atoms with Crippen LogP contribution in [-0.4, -0.2) is 11.4 Å². The number of rotatable bonds is 2. The first-order valence-electron chi connectivity index (χ1n) is 5.05. The summed E-state index contributed by atoms with van der Waals surface area (Å²) < 4.78 is 0. The monoisotopic (exact) mass is 205 g/mol. The Balaban J connectivity index is 0.000000921. The van der Waals surface area contributed by atoms with Crippen molar-refractivity contribution in [2.24, 2.45) is 10.9 Å². The Morgan fingerprint density at radius 1 is 1.20 bits per heavy atom. The topological polar surface area (TPSA) is 62.2 Å². The first-order valence-corrected chi connectivity index (χ1v) is 5.05. The van der Waals surface area contributed by atoms with Crippen molar-refractivity contribution in [2.45, 2.75) is 27.7 Å². The molecule has 0 fully saturated rings. The van der Waals surface area contributed by atoms with Crippen LogP contribution in [0.2, 0.25) is 0 Å². The summed E-state index contributed by atoms with van der Waals surface area (Å²) in [6, 6.07) is 7.72. The number of nitrogens with two attached hydrogens (primary N) is 1. The molecule has 82 valence electrons. The fraction of sp³-hybridized carbons (Fsp3) is 0.333. The summed E-state index contributed by atoms with van der Waals surface area (Å²) >= 11 is 0. The van der Waals surface area contributed by atoms with Gasteiger partial charge in [-0.25, -0.2) is 0 Å². The van der Waals surface area contributed by atoms with E-state index in [0.29, 0.717) is 11.4 Å². The van der Waals surface area contributed by atoms with E-state index in [-0.39, 0.29) is 0 Å². The standard InChI is InChI=1S/C10H13N3.C2H6/c1-7-3-5-9(6-4-7)10(11)8(2)13-12;1-2/h3-6,11H,12H2,1-2H3;1-2H3/b11-10?,13-8-;. The lowest BCUT2D eigenvalue weighted by Gasteiger charge is -2.02. The number of hydrazone groups is 1. The lowest BCUT2D eigenvalue weighted by atomic mass is 10.1. The number of aryl methyl sites for hydroxylation is 1. The zero-order valence-corrected chi connectivity index (χ0v) is 9.83. The molecule has 3 N–H and O–H groups in total. The second-order valence-corrected chi connectivity index (χ2v) is 2.96. The molecule has 1 aromatic carbocycles. The van der Waals surface area contributed by atoms with Gasteiger partial charge in [0.2, 0.25) is 0 Å². The third-order valence-corrected chi connectivity index (χ3v) is 1.90. The van der Waals surface area contributed by atoms with Crippen LogP contribution in [0.1, 0.15) is 31.9 Å². The van der Waals surface area contributed by atoms with Crippen LogP contribution in [0.3, 0.4) is 0 Å². The van der Waals surface area contributed by atoms with Gasteiger partial charge in [-0.05, 0) is 13.8 Å². The molecule has 3 nitrogen and oxygen atoms in total. The molecule has 0 radical (unpaired) electrons. The highest BCUT2D eigenvalue weighted by Gasteiger charge is 2.03.